The molecule has 1 aliphatic heterocycles. The van der Waals surface area contributed by atoms with E-state index < -0.39 is 0 Å². The second kappa shape index (κ2) is 8.76. The van der Waals surface area contributed by atoms with E-state index >= 15 is 0 Å². The first-order valence-electron chi connectivity index (χ1n) is 10.2. The van der Waals surface area contributed by atoms with Gasteiger partial charge in [0.1, 0.15) is 18.1 Å². The Bertz CT molecular complexity index is 960. The van der Waals surface area contributed by atoms with Gasteiger partial charge < -0.3 is 24.5 Å². The monoisotopic (exact) mass is 395 g/mol. The Morgan fingerprint density at radius 1 is 1.03 bits per heavy atom. The van der Waals surface area contributed by atoms with E-state index in [0.717, 1.165) is 78.7 Å². The Labute approximate surface area is 171 Å². The molecule has 0 aliphatic carbocycles. The van der Waals surface area contributed by atoms with E-state index in [-0.39, 0.29) is 0 Å². The number of nitrogen functional groups attached to an aromatic ring is 1. The Balaban J connectivity index is 1.52. The fraction of sp³-hybridized carbons (Fsp3) is 0.391. The number of anilines is 1. The summed E-state index contributed by atoms with van der Waals surface area (Å²) in [5.41, 5.74) is 10.5. The zero-order chi connectivity index (χ0) is 20.2. The molecule has 2 N–H and O–H groups in total. The summed E-state index contributed by atoms with van der Waals surface area (Å²) >= 11 is 0. The zero-order valence-corrected chi connectivity index (χ0v) is 17.2. The molecule has 0 bridgehead atoms. The number of nitrogens with two attached hydrogens (primary N) is 1. The van der Waals surface area contributed by atoms with Crippen LogP contribution in [0.5, 0.6) is 11.5 Å². The predicted molar refractivity (Wildman–Crippen MR) is 117 cm³/mol. The Morgan fingerprint density at radius 3 is 2.45 bits per heavy atom. The summed E-state index contributed by atoms with van der Waals surface area (Å²) in [7, 11) is 1.68. The topological polar surface area (TPSA) is 61.9 Å². The molecular formula is C23H29N3O3. The first kappa shape index (κ1) is 19.6. The van der Waals surface area contributed by atoms with Crippen LogP contribution in [-0.4, -0.2) is 56.0 Å². The maximum atomic E-state index is 6.53. The van der Waals surface area contributed by atoms with Crippen molar-refractivity contribution >= 4 is 16.6 Å². The lowest BCUT2D eigenvalue weighted by Gasteiger charge is -2.26. The summed E-state index contributed by atoms with van der Waals surface area (Å²) in [6.45, 7) is 8.14. The quantitative estimate of drug-likeness (QED) is 0.662. The molecule has 6 nitrogen and oxygen atoms in total. The predicted octanol–water partition coefficient (Wildman–Crippen LogP) is 3.63. The van der Waals surface area contributed by atoms with Crippen molar-refractivity contribution in [1.29, 1.82) is 0 Å². The van der Waals surface area contributed by atoms with Gasteiger partial charge in [0.15, 0.2) is 0 Å². The molecule has 0 radical (unpaired) electrons. The van der Waals surface area contributed by atoms with Gasteiger partial charge in [-0.25, -0.2) is 0 Å². The van der Waals surface area contributed by atoms with Crippen molar-refractivity contribution in [3.05, 3.63) is 42.5 Å². The van der Waals surface area contributed by atoms with Crippen LogP contribution in [0.3, 0.4) is 0 Å². The Morgan fingerprint density at radius 2 is 1.76 bits per heavy atom. The number of rotatable bonds is 7. The van der Waals surface area contributed by atoms with Crippen molar-refractivity contribution in [2.24, 2.45) is 0 Å². The summed E-state index contributed by atoms with van der Waals surface area (Å²) in [5.74, 6) is 1.71. The number of nitrogens with zero attached hydrogens (tertiary/aromatic N) is 2. The van der Waals surface area contributed by atoms with Gasteiger partial charge in [-0.1, -0.05) is 0 Å². The van der Waals surface area contributed by atoms with Crippen molar-refractivity contribution in [1.82, 2.24) is 9.47 Å². The molecule has 2 heterocycles. The van der Waals surface area contributed by atoms with E-state index in [1.54, 1.807) is 7.11 Å². The Hall–Kier alpha value is -2.70. The zero-order valence-electron chi connectivity index (χ0n) is 17.2. The van der Waals surface area contributed by atoms with Crippen molar-refractivity contribution in [3.8, 4) is 22.8 Å². The highest BCUT2D eigenvalue weighted by atomic mass is 16.5. The van der Waals surface area contributed by atoms with Crippen molar-refractivity contribution < 1.29 is 14.2 Å². The van der Waals surface area contributed by atoms with E-state index in [2.05, 4.69) is 28.5 Å². The average Bonchev–Trinajstić information content (AvgIpc) is 3.06. The number of ether oxygens (including phenoxy) is 3. The molecule has 29 heavy (non-hydrogen) atoms. The fourth-order valence-corrected chi connectivity index (χ4v) is 3.95. The molecule has 6 heteroatoms. The number of benzene rings is 2. The van der Waals surface area contributed by atoms with Crippen molar-refractivity contribution in [3.63, 3.8) is 0 Å². The van der Waals surface area contributed by atoms with Gasteiger partial charge in [0.25, 0.3) is 0 Å². The third-order valence-electron chi connectivity index (χ3n) is 5.53. The first-order chi connectivity index (χ1) is 14.2. The van der Waals surface area contributed by atoms with Crippen LogP contribution in [0.4, 0.5) is 5.69 Å². The minimum absolute atomic E-state index is 0.677. The lowest BCUT2D eigenvalue weighted by atomic mass is 10.1. The van der Waals surface area contributed by atoms with Gasteiger partial charge in [-0.05, 0) is 43.3 Å². The highest BCUT2D eigenvalue weighted by Crippen LogP contribution is 2.38. The lowest BCUT2D eigenvalue weighted by Crippen LogP contribution is -2.38. The molecule has 0 atom stereocenters. The number of hydrogen-bond donors (Lipinski definition) is 1. The highest BCUT2D eigenvalue weighted by Gasteiger charge is 2.16. The third-order valence-corrected chi connectivity index (χ3v) is 5.53. The molecule has 154 valence electrons. The van der Waals surface area contributed by atoms with Crippen LogP contribution in [0, 0.1) is 0 Å². The van der Waals surface area contributed by atoms with Crippen LogP contribution >= 0.6 is 0 Å². The van der Waals surface area contributed by atoms with Crippen LogP contribution < -0.4 is 15.2 Å². The number of hydrogen-bond acceptors (Lipinski definition) is 5. The van der Waals surface area contributed by atoms with Gasteiger partial charge in [-0.3, -0.25) is 4.90 Å². The summed E-state index contributed by atoms with van der Waals surface area (Å²) < 4.78 is 18.9. The standard InChI is InChI=1S/C23H29N3O3/c1-3-26-21-16-19(27-2)8-9-20(21)22(24)23(26)17-4-6-18(7-5-17)29-15-12-25-10-13-28-14-11-25/h4-9,16H,3,10-15,24H2,1-2H3. The molecule has 1 aliphatic rings. The average molecular weight is 396 g/mol. The number of methoxy groups -OCH3 is 1. The van der Waals surface area contributed by atoms with E-state index in [0.29, 0.717) is 6.61 Å². The second-order valence-corrected chi connectivity index (χ2v) is 7.22. The van der Waals surface area contributed by atoms with Crippen LogP contribution in [0.25, 0.3) is 22.2 Å². The van der Waals surface area contributed by atoms with Gasteiger partial charge in [0, 0.05) is 43.2 Å². The molecule has 4 rings (SSSR count). The van der Waals surface area contributed by atoms with Crippen LogP contribution in [-0.2, 0) is 11.3 Å². The van der Waals surface area contributed by atoms with Crippen LogP contribution in [0.2, 0.25) is 0 Å². The maximum absolute atomic E-state index is 6.53. The number of aromatic nitrogens is 1. The molecule has 2 aromatic carbocycles. The van der Waals surface area contributed by atoms with Crippen molar-refractivity contribution in [2.45, 2.75) is 13.5 Å². The van der Waals surface area contributed by atoms with Gasteiger partial charge in [-0.2, -0.15) is 0 Å². The van der Waals surface area contributed by atoms with E-state index in [9.17, 15) is 0 Å². The van der Waals surface area contributed by atoms with Crippen LogP contribution in [0.1, 0.15) is 6.92 Å². The molecule has 0 saturated carbocycles. The lowest BCUT2D eigenvalue weighted by molar-refractivity contribution is 0.0322. The summed E-state index contributed by atoms with van der Waals surface area (Å²) in [4.78, 5) is 2.37. The molecule has 1 aromatic heterocycles. The summed E-state index contributed by atoms with van der Waals surface area (Å²) in [5, 5.41) is 1.05. The first-order valence-corrected chi connectivity index (χ1v) is 10.2. The molecule has 3 aromatic rings. The normalized spacial score (nSPS) is 15.0. The van der Waals surface area contributed by atoms with Gasteiger partial charge in [-0.15, -0.1) is 0 Å². The summed E-state index contributed by atoms with van der Waals surface area (Å²) in [6.07, 6.45) is 0. The number of fused-ring (bicyclic) bond motifs is 1. The molecule has 0 spiro atoms. The number of aryl methyl sites for hydroxylation is 1. The van der Waals surface area contributed by atoms with Crippen LogP contribution in [0.15, 0.2) is 42.5 Å². The highest BCUT2D eigenvalue weighted by molar-refractivity contribution is 6.01. The fourth-order valence-electron chi connectivity index (χ4n) is 3.95. The molecule has 0 amide bonds. The second-order valence-electron chi connectivity index (χ2n) is 7.22. The number of morpholine rings is 1. The Kier molecular flexibility index (Phi) is 5.92. The molecule has 1 saturated heterocycles. The maximum Gasteiger partial charge on any atom is 0.120 e. The minimum atomic E-state index is 0.677. The van der Waals surface area contributed by atoms with Gasteiger partial charge in [0.05, 0.1) is 37.2 Å². The smallest absolute Gasteiger partial charge is 0.120 e. The third kappa shape index (κ3) is 4.04. The van der Waals surface area contributed by atoms with Crippen molar-refractivity contribution in [2.75, 3.05) is 52.3 Å². The van der Waals surface area contributed by atoms with E-state index in [1.165, 1.54) is 0 Å². The SMILES string of the molecule is CCn1c(-c2ccc(OCCN3CCOCC3)cc2)c(N)c2ccc(OC)cc21. The largest absolute Gasteiger partial charge is 0.497 e. The molecular weight excluding hydrogens is 366 g/mol. The molecule has 0 unspecified atom stereocenters. The minimum Gasteiger partial charge on any atom is -0.497 e. The molecule has 1 fully saturated rings. The van der Waals surface area contributed by atoms with E-state index in [4.69, 9.17) is 19.9 Å². The summed E-state index contributed by atoms with van der Waals surface area (Å²) in [6, 6.07) is 14.2. The van der Waals surface area contributed by atoms with E-state index in [1.807, 2.05) is 30.3 Å². The van der Waals surface area contributed by atoms with Gasteiger partial charge in [0.2, 0.25) is 0 Å². The van der Waals surface area contributed by atoms with Gasteiger partial charge >= 0.3 is 0 Å².